The molecule has 1 aliphatic rings. The molecule has 2 nitrogen and oxygen atoms in total. The molecule has 1 saturated carbocycles. The van der Waals surface area contributed by atoms with Crippen molar-refractivity contribution >= 4 is 15.9 Å². The third-order valence-corrected chi connectivity index (χ3v) is 4.53. The molecule has 1 aliphatic carbocycles. The van der Waals surface area contributed by atoms with Gasteiger partial charge in [0.1, 0.15) is 12.4 Å². The van der Waals surface area contributed by atoms with Gasteiger partial charge >= 0.3 is 0 Å². The van der Waals surface area contributed by atoms with E-state index in [2.05, 4.69) is 47.2 Å². The summed E-state index contributed by atoms with van der Waals surface area (Å²) in [6.45, 7) is 7.23. The van der Waals surface area contributed by atoms with Gasteiger partial charge in [-0.1, -0.05) is 42.6 Å². The third kappa shape index (κ3) is 4.78. The van der Waals surface area contributed by atoms with E-state index in [0.717, 1.165) is 35.8 Å². The number of nitrogens with one attached hydrogen (secondary N) is 1. The Balaban J connectivity index is 1.73. The first-order chi connectivity index (χ1) is 9.66. The second-order valence-electron chi connectivity index (χ2n) is 6.04. The van der Waals surface area contributed by atoms with Crippen LogP contribution in [-0.2, 0) is 0 Å². The van der Waals surface area contributed by atoms with E-state index in [4.69, 9.17) is 4.74 Å². The van der Waals surface area contributed by atoms with E-state index < -0.39 is 0 Å². The summed E-state index contributed by atoms with van der Waals surface area (Å²) in [6, 6.07) is 6.27. The Morgan fingerprint density at radius 2 is 2.05 bits per heavy atom. The van der Waals surface area contributed by atoms with Gasteiger partial charge in [0.15, 0.2) is 0 Å². The molecule has 0 atom stereocenters. The molecule has 0 heterocycles. The predicted octanol–water partition coefficient (Wildman–Crippen LogP) is 4.73. The van der Waals surface area contributed by atoms with Gasteiger partial charge in [0.05, 0.1) is 0 Å². The van der Waals surface area contributed by atoms with Crippen LogP contribution in [0.25, 0.3) is 0 Å². The van der Waals surface area contributed by atoms with E-state index in [1.54, 1.807) is 0 Å². The molecular weight excluding hydrogens is 314 g/mol. The van der Waals surface area contributed by atoms with Crippen LogP contribution in [0.5, 0.6) is 5.75 Å². The summed E-state index contributed by atoms with van der Waals surface area (Å²) in [6.07, 6.45) is 5.63. The Morgan fingerprint density at radius 3 is 2.75 bits per heavy atom. The summed E-state index contributed by atoms with van der Waals surface area (Å²) in [7, 11) is 0. The molecule has 112 valence electrons. The normalized spacial score (nSPS) is 16.0. The molecule has 2 rings (SSSR count). The fraction of sp³-hybridized carbons (Fsp3) is 0.647. The molecule has 1 aromatic rings. The highest BCUT2D eigenvalue weighted by molar-refractivity contribution is 9.10. The summed E-state index contributed by atoms with van der Waals surface area (Å²) >= 11 is 3.53. The van der Waals surface area contributed by atoms with Crippen molar-refractivity contribution in [3.8, 4) is 5.75 Å². The first-order valence-corrected chi connectivity index (χ1v) is 8.59. The lowest BCUT2D eigenvalue weighted by Gasteiger charge is -2.15. The number of hydrogen-bond donors (Lipinski definition) is 1. The van der Waals surface area contributed by atoms with Crippen LogP contribution in [0.1, 0.15) is 51.0 Å². The summed E-state index contributed by atoms with van der Waals surface area (Å²) < 4.78 is 7.05. The smallest absolute Gasteiger partial charge is 0.122 e. The molecule has 1 N–H and O–H groups in total. The number of benzene rings is 1. The minimum atomic E-state index is 0.481. The van der Waals surface area contributed by atoms with Crippen molar-refractivity contribution in [3.05, 3.63) is 28.2 Å². The molecule has 0 bridgehead atoms. The van der Waals surface area contributed by atoms with Gasteiger partial charge in [0.2, 0.25) is 0 Å². The van der Waals surface area contributed by atoms with Crippen molar-refractivity contribution in [1.29, 1.82) is 0 Å². The molecule has 0 spiro atoms. The van der Waals surface area contributed by atoms with Crippen LogP contribution in [0.15, 0.2) is 22.7 Å². The third-order valence-electron chi connectivity index (χ3n) is 4.04. The summed E-state index contributed by atoms with van der Waals surface area (Å²) in [4.78, 5) is 0. The van der Waals surface area contributed by atoms with Crippen LogP contribution in [0.4, 0.5) is 0 Å². The number of hydrogen-bond acceptors (Lipinski definition) is 2. The predicted molar refractivity (Wildman–Crippen MR) is 88.6 cm³/mol. The van der Waals surface area contributed by atoms with Gasteiger partial charge in [-0.3, -0.25) is 0 Å². The van der Waals surface area contributed by atoms with Crippen LogP contribution in [0.3, 0.4) is 0 Å². The standard InChI is InChI=1S/C17H26BrNO/c1-13(2)16-11-15(18)7-8-17(16)20-10-9-19-12-14-5-3-4-6-14/h7-8,11,13-14,19H,3-6,9-10,12H2,1-2H3. The van der Waals surface area contributed by atoms with Gasteiger partial charge in [0, 0.05) is 11.0 Å². The highest BCUT2D eigenvalue weighted by Gasteiger charge is 2.14. The summed E-state index contributed by atoms with van der Waals surface area (Å²) in [5.74, 6) is 2.40. The molecule has 0 unspecified atom stereocenters. The van der Waals surface area contributed by atoms with Crippen LogP contribution >= 0.6 is 15.9 Å². The van der Waals surface area contributed by atoms with E-state index in [1.807, 2.05) is 6.07 Å². The van der Waals surface area contributed by atoms with Crippen LogP contribution < -0.4 is 10.1 Å². The van der Waals surface area contributed by atoms with Gasteiger partial charge in [-0.25, -0.2) is 0 Å². The zero-order chi connectivity index (χ0) is 14.4. The molecule has 0 saturated heterocycles. The SMILES string of the molecule is CC(C)c1cc(Br)ccc1OCCNCC1CCCC1. The first kappa shape index (κ1) is 15.8. The minimum Gasteiger partial charge on any atom is -0.492 e. The first-order valence-electron chi connectivity index (χ1n) is 7.80. The van der Waals surface area contributed by atoms with Gasteiger partial charge in [-0.15, -0.1) is 0 Å². The Kier molecular flexibility index (Phi) is 6.37. The number of rotatable bonds is 7. The maximum Gasteiger partial charge on any atom is 0.122 e. The monoisotopic (exact) mass is 339 g/mol. The van der Waals surface area contributed by atoms with E-state index in [0.29, 0.717) is 5.92 Å². The second-order valence-corrected chi connectivity index (χ2v) is 6.96. The Labute approximate surface area is 131 Å². The molecule has 20 heavy (non-hydrogen) atoms. The van der Waals surface area contributed by atoms with E-state index >= 15 is 0 Å². The second kappa shape index (κ2) is 8.04. The lowest BCUT2D eigenvalue weighted by Crippen LogP contribution is -2.26. The van der Waals surface area contributed by atoms with Crippen LogP contribution in [0, 0.1) is 5.92 Å². The highest BCUT2D eigenvalue weighted by Crippen LogP contribution is 2.29. The molecule has 0 aliphatic heterocycles. The fourth-order valence-electron chi connectivity index (χ4n) is 2.86. The average molecular weight is 340 g/mol. The zero-order valence-electron chi connectivity index (χ0n) is 12.6. The van der Waals surface area contributed by atoms with Crippen molar-refractivity contribution in [1.82, 2.24) is 5.32 Å². The lowest BCUT2D eigenvalue weighted by atomic mass is 10.0. The van der Waals surface area contributed by atoms with Crippen molar-refractivity contribution in [2.24, 2.45) is 5.92 Å². The van der Waals surface area contributed by atoms with Crippen molar-refractivity contribution in [3.63, 3.8) is 0 Å². The largest absolute Gasteiger partial charge is 0.492 e. The van der Waals surface area contributed by atoms with E-state index in [1.165, 1.54) is 31.2 Å². The highest BCUT2D eigenvalue weighted by atomic mass is 79.9. The molecule has 1 aromatic carbocycles. The Morgan fingerprint density at radius 1 is 1.30 bits per heavy atom. The van der Waals surface area contributed by atoms with Crippen molar-refractivity contribution in [2.75, 3.05) is 19.7 Å². The van der Waals surface area contributed by atoms with Crippen molar-refractivity contribution < 1.29 is 4.74 Å². The molecule has 3 heteroatoms. The van der Waals surface area contributed by atoms with Crippen LogP contribution in [0.2, 0.25) is 0 Å². The van der Waals surface area contributed by atoms with Gasteiger partial charge < -0.3 is 10.1 Å². The van der Waals surface area contributed by atoms with E-state index in [9.17, 15) is 0 Å². The zero-order valence-corrected chi connectivity index (χ0v) is 14.2. The number of ether oxygens (including phenoxy) is 1. The summed E-state index contributed by atoms with van der Waals surface area (Å²) in [5, 5.41) is 3.52. The number of halogens is 1. The maximum absolute atomic E-state index is 5.93. The maximum atomic E-state index is 5.93. The van der Waals surface area contributed by atoms with Crippen molar-refractivity contribution in [2.45, 2.75) is 45.4 Å². The molecular formula is C17H26BrNO. The fourth-order valence-corrected chi connectivity index (χ4v) is 3.23. The lowest BCUT2D eigenvalue weighted by molar-refractivity contribution is 0.305. The Hall–Kier alpha value is -0.540. The molecule has 0 radical (unpaired) electrons. The molecule has 0 amide bonds. The van der Waals surface area contributed by atoms with E-state index in [-0.39, 0.29) is 0 Å². The quantitative estimate of drug-likeness (QED) is 0.725. The topological polar surface area (TPSA) is 21.3 Å². The Bertz CT molecular complexity index is 413. The van der Waals surface area contributed by atoms with Crippen LogP contribution in [-0.4, -0.2) is 19.7 Å². The minimum absolute atomic E-state index is 0.481. The molecule has 1 fully saturated rings. The summed E-state index contributed by atoms with van der Waals surface area (Å²) in [5.41, 5.74) is 1.27. The van der Waals surface area contributed by atoms with Gasteiger partial charge in [-0.2, -0.15) is 0 Å². The van der Waals surface area contributed by atoms with Gasteiger partial charge in [-0.05, 0) is 55.0 Å². The molecule has 0 aromatic heterocycles. The average Bonchev–Trinajstić information content (AvgIpc) is 2.92. The van der Waals surface area contributed by atoms with Gasteiger partial charge in [0.25, 0.3) is 0 Å².